The molecule has 0 unspecified atom stereocenters. The molecule has 0 aromatic heterocycles. The van der Waals surface area contributed by atoms with Crippen LogP contribution in [-0.4, -0.2) is 11.7 Å². The Hall–Kier alpha value is -1.72. The topological polar surface area (TPSA) is 46.2 Å². The zero-order valence-corrected chi connectivity index (χ0v) is 14.9. The highest BCUT2D eigenvalue weighted by atomic mass is 79.9. The van der Waals surface area contributed by atoms with Gasteiger partial charge in [-0.1, -0.05) is 31.9 Å². The van der Waals surface area contributed by atoms with Crippen LogP contribution in [0.4, 0.5) is 5.69 Å². The van der Waals surface area contributed by atoms with Crippen LogP contribution in [0, 0.1) is 6.92 Å². The third-order valence-corrected chi connectivity index (χ3v) is 3.98. The highest BCUT2D eigenvalue weighted by Crippen LogP contribution is 2.20. The lowest BCUT2D eigenvalue weighted by molar-refractivity contribution is -0.111. The Labute approximate surface area is 145 Å². The number of carbonyl (C=O) groups excluding carboxylic acids is 2. The molecule has 0 bridgehead atoms. The van der Waals surface area contributed by atoms with E-state index in [2.05, 4.69) is 37.2 Å². The van der Waals surface area contributed by atoms with Crippen molar-refractivity contribution in [2.75, 3.05) is 5.32 Å². The van der Waals surface area contributed by atoms with Gasteiger partial charge in [-0.05, 0) is 61.0 Å². The number of ketones is 1. The van der Waals surface area contributed by atoms with Crippen LogP contribution in [0.25, 0.3) is 0 Å². The van der Waals surface area contributed by atoms with Gasteiger partial charge in [-0.25, -0.2) is 0 Å². The Morgan fingerprint density at radius 3 is 2.23 bits per heavy atom. The summed E-state index contributed by atoms with van der Waals surface area (Å²) in [5.41, 5.74) is 2.19. The molecule has 0 aliphatic carbocycles. The number of nitrogens with one attached hydrogen (secondary N) is 1. The third kappa shape index (κ3) is 4.64. The normalized spacial score (nSPS) is 10.7. The minimum absolute atomic E-state index is 0.213. The highest BCUT2D eigenvalue weighted by Gasteiger charge is 2.05. The molecule has 2 rings (SSSR count). The van der Waals surface area contributed by atoms with E-state index in [0.29, 0.717) is 11.3 Å². The van der Waals surface area contributed by atoms with Gasteiger partial charge in [-0.2, -0.15) is 0 Å². The van der Waals surface area contributed by atoms with Crippen LogP contribution < -0.4 is 5.32 Å². The van der Waals surface area contributed by atoms with Gasteiger partial charge in [0.05, 0.1) is 0 Å². The number of halogens is 2. The van der Waals surface area contributed by atoms with Gasteiger partial charge in [0.1, 0.15) is 0 Å². The van der Waals surface area contributed by atoms with Crippen molar-refractivity contribution < 1.29 is 9.59 Å². The summed E-state index contributed by atoms with van der Waals surface area (Å²) >= 11 is 6.68. The largest absolute Gasteiger partial charge is 0.322 e. The second-order valence-corrected chi connectivity index (χ2v) is 6.48. The smallest absolute Gasteiger partial charge is 0.248 e. The van der Waals surface area contributed by atoms with E-state index in [4.69, 9.17) is 0 Å². The predicted octanol–water partition coefficient (Wildman–Crippen LogP) is 4.90. The molecule has 0 saturated heterocycles. The van der Waals surface area contributed by atoms with Crippen molar-refractivity contribution in [3.63, 3.8) is 0 Å². The number of aryl methyl sites for hydroxylation is 1. The average Bonchev–Trinajstić information content (AvgIpc) is 2.48. The molecule has 2 aromatic carbocycles. The molecule has 0 spiro atoms. The van der Waals surface area contributed by atoms with Crippen molar-refractivity contribution in [2.45, 2.75) is 6.92 Å². The van der Waals surface area contributed by atoms with E-state index in [0.717, 1.165) is 14.5 Å². The predicted molar refractivity (Wildman–Crippen MR) is 95.1 cm³/mol. The van der Waals surface area contributed by atoms with Gasteiger partial charge in [-0.3, -0.25) is 9.59 Å². The number of rotatable bonds is 4. The maximum Gasteiger partial charge on any atom is 0.248 e. The summed E-state index contributed by atoms with van der Waals surface area (Å²) in [5.74, 6) is -0.550. The van der Waals surface area contributed by atoms with Crippen LogP contribution in [0.5, 0.6) is 0 Å². The number of carbonyl (C=O) groups is 2. The summed E-state index contributed by atoms with van der Waals surface area (Å²) in [4.78, 5) is 23.8. The molecule has 0 aliphatic heterocycles. The molecule has 1 N–H and O–H groups in total. The molecule has 0 saturated carbocycles. The highest BCUT2D eigenvalue weighted by molar-refractivity contribution is 9.10. The third-order valence-electron chi connectivity index (χ3n) is 2.96. The van der Waals surface area contributed by atoms with Crippen LogP contribution >= 0.6 is 31.9 Å². The molecule has 1 amide bonds. The first kappa shape index (κ1) is 16.6. The van der Waals surface area contributed by atoms with Crippen molar-refractivity contribution in [2.24, 2.45) is 0 Å². The van der Waals surface area contributed by atoms with Crippen molar-refractivity contribution in [3.05, 3.63) is 74.7 Å². The molecule has 0 aliphatic rings. The second kappa shape index (κ2) is 7.51. The van der Waals surface area contributed by atoms with Crippen molar-refractivity contribution >= 4 is 49.2 Å². The number of hydrogen-bond acceptors (Lipinski definition) is 2. The van der Waals surface area contributed by atoms with Gasteiger partial charge in [0.15, 0.2) is 5.78 Å². The summed E-state index contributed by atoms with van der Waals surface area (Å²) in [7, 11) is 0. The molecule has 5 heteroatoms. The molecule has 0 heterocycles. The Kier molecular flexibility index (Phi) is 5.69. The summed E-state index contributed by atoms with van der Waals surface area (Å²) in [5, 5.41) is 2.75. The van der Waals surface area contributed by atoms with Gasteiger partial charge in [0.2, 0.25) is 5.91 Å². The fraction of sp³-hybridized carbons (Fsp3) is 0.0588. The van der Waals surface area contributed by atoms with E-state index in [1.54, 1.807) is 24.3 Å². The van der Waals surface area contributed by atoms with Gasteiger partial charge in [-0.15, -0.1) is 0 Å². The number of anilines is 1. The number of allylic oxidation sites excluding steroid dienone is 1. The lowest BCUT2D eigenvalue weighted by atomic mass is 10.1. The van der Waals surface area contributed by atoms with Gasteiger partial charge >= 0.3 is 0 Å². The monoisotopic (exact) mass is 421 g/mol. The number of benzene rings is 2. The van der Waals surface area contributed by atoms with Gasteiger partial charge in [0, 0.05) is 26.3 Å². The van der Waals surface area contributed by atoms with Gasteiger partial charge in [0.25, 0.3) is 0 Å². The Morgan fingerprint density at radius 2 is 1.59 bits per heavy atom. The van der Waals surface area contributed by atoms with Crippen LogP contribution in [-0.2, 0) is 4.79 Å². The van der Waals surface area contributed by atoms with E-state index in [-0.39, 0.29) is 11.7 Å². The van der Waals surface area contributed by atoms with E-state index in [1.807, 2.05) is 25.1 Å². The van der Waals surface area contributed by atoms with E-state index in [9.17, 15) is 9.59 Å². The Balaban J connectivity index is 2.02. The number of hydrogen-bond donors (Lipinski definition) is 1. The molecular formula is C17H13Br2NO2. The second-order valence-electron chi connectivity index (χ2n) is 4.65. The first-order chi connectivity index (χ1) is 10.5. The molecule has 112 valence electrons. The van der Waals surface area contributed by atoms with Crippen LogP contribution in [0.3, 0.4) is 0 Å². The zero-order valence-electron chi connectivity index (χ0n) is 11.8. The quantitative estimate of drug-likeness (QED) is 0.562. The van der Waals surface area contributed by atoms with Crippen molar-refractivity contribution in [3.8, 4) is 0 Å². The Morgan fingerprint density at radius 1 is 0.955 bits per heavy atom. The maximum atomic E-state index is 11.9. The first-order valence-corrected chi connectivity index (χ1v) is 8.09. The summed E-state index contributed by atoms with van der Waals surface area (Å²) < 4.78 is 1.85. The molecule has 3 nitrogen and oxygen atoms in total. The average molecular weight is 423 g/mol. The van der Waals surface area contributed by atoms with E-state index >= 15 is 0 Å². The number of amides is 1. The van der Waals surface area contributed by atoms with E-state index in [1.165, 1.54) is 12.2 Å². The maximum absolute atomic E-state index is 11.9. The Bertz CT molecular complexity index is 737. The molecule has 0 radical (unpaired) electrons. The standard InChI is InChI=1S/C17H13Br2NO2/c1-11-10-14(19)6-7-15(11)20-17(22)9-8-16(21)12-2-4-13(18)5-3-12/h2-10H,1H3,(H,20,22)/b9-8+. The summed E-state index contributed by atoms with van der Waals surface area (Å²) in [6.07, 6.45) is 2.51. The molecule has 0 atom stereocenters. The van der Waals surface area contributed by atoms with Gasteiger partial charge < -0.3 is 5.32 Å². The first-order valence-electron chi connectivity index (χ1n) is 6.51. The molecule has 22 heavy (non-hydrogen) atoms. The fourth-order valence-corrected chi connectivity index (χ4v) is 2.54. The van der Waals surface area contributed by atoms with Crippen LogP contribution in [0.1, 0.15) is 15.9 Å². The minimum Gasteiger partial charge on any atom is -0.322 e. The summed E-state index contributed by atoms with van der Waals surface area (Å²) in [6, 6.07) is 12.5. The summed E-state index contributed by atoms with van der Waals surface area (Å²) in [6.45, 7) is 1.90. The fourth-order valence-electron chi connectivity index (χ4n) is 1.80. The molecule has 2 aromatic rings. The minimum atomic E-state index is -0.337. The molecule has 0 fully saturated rings. The van der Waals surface area contributed by atoms with Crippen LogP contribution in [0.2, 0.25) is 0 Å². The zero-order chi connectivity index (χ0) is 16.1. The van der Waals surface area contributed by atoms with E-state index < -0.39 is 0 Å². The van der Waals surface area contributed by atoms with Crippen molar-refractivity contribution in [1.29, 1.82) is 0 Å². The lowest BCUT2D eigenvalue weighted by Gasteiger charge is -2.06. The van der Waals surface area contributed by atoms with Crippen LogP contribution in [0.15, 0.2) is 63.6 Å². The SMILES string of the molecule is Cc1cc(Br)ccc1NC(=O)/C=C/C(=O)c1ccc(Br)cc1. The lowest BCUT2D eigenvalue weighted by Crippen LogP contribution is -2.09. The molecular weight excluding hydrogens is 410 g/mol. The van der Waals surface area contributed by atoms with Crippen molar-refractivity contribution in [1.82, 2.24) is 0 Å².